The number of para-hydroxylation sites is 2. The van der Waals surface area contributed by atoms with Gasteiger partial charge in [0.05, 0.1) is 17.5 Å². The minimum atomic E-state index is 0.0532. The first-order chi connectivity index (χ1) is 10.2. The first-order valence-electron chi connectivity index (χ1n) is 7.70. The number of nitrogens with one attached hydrogen (secondary N) is 2. The second kappa shape index (κ2) is 6.26. The van der Waals surface area contributed by atoms with Gasteiger partial charge >= 0.3 is 0 Å². The van der Waals surface area contributed by atoms with Crippen molar-refractivity contribution < 1.29 is 4.79 Å². The van der Waals surface area contributed by atoms with Crippen molar-refractivity contribution in [3.63, 3.8) is 0 Å². The number of amides is 1. The lowest BCUT2D eigenvalue weighted by atomic mass is 10.2. The average Bonchev–Trinajstić information content (AvgIpc) is 3.05. The summed E-state index contributed by atoms with van der Waals surface area (Å²) in [5.74, 6) is 0.787. The molecule has 2 N–H and O–H groups in total. The van der Waals surface area contributed by atoms with Crippen LogP contribution in [0.1, 0.15) is 25.6 Å². The highest BCUT2D eigenvalue weighted by atomic mass is 16.1. The van der Waals surface area contributed by atoms with Gasteiger partial charge in [-0.15, -0.1) is 0 Å². The number of carbonyl (C=O) groups excluding carboxylic acids is 1. The molecule has 5 heteroatoms. The van der Waals surface area contributed by atoms with Crippen molar-refractivity contribution in [2.24, 2.45) is 0 Å². The molecule has 0 aliphatic carbocycles. The molecule has 0 unspecified atom stereocenters. The van der Waals surface area contributed by atoms with Crippen LogP contribution >= 0.6 is 0 Å². The van der Waals surface area contributed by atoms with E-state index >= 15 is 0 Å². The molecule has 21 heavy (non-hydrogen) atoms. The Kier molecular flexibility index (Phi) is 4.20. The first-order valence-corrected chi connectivity index (χ1v) is 7.70. The van der Waals surface area contributed by atoms with Gasteiger partial charge in [-0.3, -0.25) is 4.79 Å². The number of H-pyrrole nitrogens is 1. The van der Waals surface area contributed by atoms with Crippen molar-refractivity contribution in [1.82, 2.24) is 20.2 Å². The van der Waals surface area contributed by atoms with E-state index in [1.54, 1.807) is 0 Å². The Bertz CT molecular complexity index is 589. The number of imidazole rings is 1. The summed E-state index contributed by atoms with van der Waals surface area (Å²) in [6, 6.07) is 8.13. The molecular formula is C16H22N4O. The van der Waals surface area contributed by atoms with Crippen LogP contribution < -0.4 is 5.32 Å². The molecule has 1 amide bonds. The fourth-order valence-electron chi connectivity index (χ4n) is 2.99. The number of likely N-dealkylation sites (tertiary alicyclic amines) is 1. The monoisotopic (exact) mass is 286 g/mol. The molecule has 0 radical (unpaired) electrons. The summed E-state index contributed by atoms with van der Waals surface area (Å²) in [6.45, 7) is 5.37. The number of aromatic nitrogens is 2. The second-order valence-electron chi connectivity index (χ2n) is 5.73. The number of hydrogen-bond acceptors (Lipinski definition) is 3. The molecule has 0 bridgehead atoms. The number of aromatic amines is 1. The number of hydrogen-bond donors (Lipinski definition) is 2. The van der Waals surface area contributed by atoms with Gasteiger partial charge < -0.3 is 15.2 Å². The van der Waals surface area contributed by atoms with Crippen LogP contribution in [0.15, 0.2) is 24.3 Å². The van der Waals surface area contributed by atoms with Gasteiger partial charge in [0, 0.05) is 19.1 Å². The molecule has 1 aromatic carbocycles. The molecule has 1 fully saturated rings. The maximum absolute atomic E-state index is 12.1. The Morgan fingerprint density at radius 1 is 1.48 bits per heavy atom. The van der Waals surface area contributed by atoms with E-state index in [1.807, 2.05) is 24.3 Å². The van der Waals surface area contributed by atoms with Crippen molar-refractivity contribution in [3.8, 4) is 0 Å². The van der Waals surface area contributed by atoms with Crippen LogP contribution in [-0.4, -0.2) is 46.5 Å². The highest BCUT2D eigenvalue weighted by Gasteiger charge is 2.23. The Labute approximate surface area is 124 Å². The summed E-state index contributed by atoms with van der Waals surface area (Å²) in [5.41, 5.74) is 1.89. The standard InChI is InChI=1S/C16H22N4O/c1-2-8-20-9-7-12(11-20)17-16(21)10-15-18-13-5-3-4-6-14(13)19-15/h3-6,12H,2,7-11H2,1H3,(H,17,21)(H,18,19)/t12-/m0/s1. The summed E-state index contributed by atoms with van der Waals surface area (Å²) in [5, 5.41) is 3.12. The molecule has 2 heterocycles. The van der Waals surface area contributed by atoms with Crippen LogP contribution in [0.2, 0.25) is 0 Å². The topological polar surface area (TPSA) is 61.0 Å². The molecule has 112 valence electrons. The third kappa shape index (κ3) is 3.42. The lowest BCUT2D eigenvalue weighted by molar-refractivity contribution is -0.121. The molecule has 1 aliphatic heterocycles. The van der Waals surface area contributed by atoms with Gasteiger partial charge in [0.25, 0.3) is 0 Å². The van der Waals surface area contributed by atoms with Crippen LogP contribution in [0.4, 0.5) is 0 Å². The molecule has 1 saturated heterocycles. The Balaban J connectivity index is 1.54. The van der Waals surface area contributed by atoms with Gasteiger partial charge in [0.2, 0.25) is 5.91 Å². The Morgan fingerprint density at radius 2 is 2.33 bits per heavy atom. The van der Waals surface area contributed by atoms with Gasteiger partial charge in [-0.2, -0.15) is 0 Å². The summed E-state index contributed by atoms with van der Waals surface area (Å²) in [7, 11) is 0. The Hall–Kier alpha value is -1.88. The second-order valence-corrected chi connectivity index (χ2v) is 5.73. The van der Waals surface area contributed by atoms with Crippen molar-refractivity contribution in [2.75, 3.05) is 19.6 Å². The number of rotatable bonds is 5. The van der Waals surface area contributed by atoms with E-state index < -0.39 is 0 Å². The van der Waals surface area contributed by atoms with E-state index in [9.17, 15) is 4.79 Å². The summed E-state index contributed by atoms with van der Waals surface area (Å²) in [4.78, 5) is 22.2. The predicted octanol–water partition coefficient (Wildman–Crippen LogP) is 1.71. The molecule has 3 rings (SSSR count). The van der Waals surface area contributed by atoms with Gasteiger partial charge in [-0.25, -0.2) is 4.98 Å². The van der Waals surface area contributed by atoms with Crippen molar-refractivity contribution in [3.05, 3.63) is 30.1 Å². The van der Waals surface area contributed by atoms with Crippen LogP contribution in [-0.2, 0) is 11.2 Å². The SMILES string of the molecule is CCCN1CC[C@H](NC(=O)Cc2nc3ccccc3[nH]2)C1. The smallest absolute Gasteiger partial charge is 0.227 e. The zero-order valence-electron chi connectivity index (χ0n) is 12.4. The van der Waals surface area contributed by atoms with Crippen molar-refractivity contribution in [1.29, 1.82) is 0 Å². The van der Waals surface area contributed by atoms with Crippen LogP contribution in [0.5, 0.6) is 0 Å². The number of nitrogens with zero attached hydrogens (tertiary/aromatic N) is 2. The van der Waals surface area contributed by atoms with Gasteiger partial charge in [0.15, 0.2) is 0 Å². The lowest BCUT2D eigenvalue weighted by Crippen LogP contribution is -2.38. The molecular weight excluding hydrogens is 264 g/mol. The van der Waals surface area contributed by atoms with Gasteiger partial charge in [-0.1, -0.05) is 19.1 Å². The average molecular weight is 286 g/mol. The number of fused-ring (bicyclic) bond motifs is 1. The summed E-state index contributed by atoms with van der Waals surface area (Å²) in [6.07, 6.45) is 2.53. The van der Waals surface area contributed by atoms with Crippen molar-refractivity contribution >= 4 is 16.9 Å². The largest absolute Gasteiger partial charge is 0.352 e. The van der Waals surface area contributed by atoms with Gasteiger partial charge in [0.1, 0.15) is 5.82 Å². The number of carbonyl (C=O) groups is 1. The highest BCUT2D eigenvalue weighted by Crippen LogP contribution is 2.12. The molecule has 5 nitrogen and oxygen atoms in total. The van der Waals surface area contributed by atoms with Crippen LogP contribution in [0, 0.1) is 0 Å². The van der Waals surface area contributed by atoms with E-state index in [2.05, 4.69) is 27.1 Å². The van der Waals surface area contributed by atoms with E-state index in [1.165, 1.54) is 6.42 Å². The van der Waals surface area contributed by atoms with Crippen LogP contribution in [0.25, 0.3) is 11.0 Å². The normalized spacial score (nSPS) is 19.2. The molecule has 0 spiro atoms. The number of benzene rings is 1. The quantitative estimate of drug-likeness (QED) is 0.879. The van der Waals surface area contributed by atoms with E-state index in [0.717, 1.165) is 42.9 Å². The predicted molar refractivity (Wildman–Crippen MR) is 83.1 cm³/mol. The van der Waals surface area contributed by atoms with E-state index in [-0.39, 0.29) is 11.9 Å². The van der Waals surface area contributed by atoms with Crippen LogP contribution in [0.3, 0.4) is 0 Å². The maximum atomic E-state index is 12.1. The third-order valence-corrected chi connectivity index (χ3v) is 3.94. The van der Waals surface area contributed by atoms with E-state index in [0.29, 0.717) is 6.42 Å². The fourth-order valence-corrected chi connectivity index (χ4v) is 2.99. The third-order valence-electron chi connectivity index (χ3n) is 3.94. The summed E-state index contributed by atoms with van der Waals surface area (Å²) >= 11 is 0. The Morgan fingerprint density at radius 3 is 3.14 bits per heavy atom. The molecule has 1 aliphatic rings. The zero-order chi connectivity index (χ0) is 14.7. The molecule has 0 saturated carbocycles. The molecule has 1 atom stereocenters. The highest BCUT2D eigenvalue weighted by molar-refractivity contribution is 5.80. The lowest BCUT2D eigenvalue weighted by Gasteiger charge is -2.15. The van der Waals surface area contributed by atoms with E-state index in [4.69, 9.17) is 0 Å². The fraction of sp³-hybridized carbons (Fsp3) is 0.500. The molecule has 2 aromatic rings. The van der Waals surface area contributed by atoms with Gasteiger partial charge in [-0.05, 0) is 31.5 Å². The summed E-state index contributed by atoms with van der Waals surface area (Å²) < 4.78 is 0. The zero-order valence-corrected chi connectivity index (χ0v) is 12.4. The molecule has 1 aromatic heterocycles. The minimum absolute atomic E-state index is 0.0532. The van der Waals surface area contributed by atoms with Crippen molar-refractivity contribution in [2.45, 2.75) is 32.2 Å². The maximum Gasteiger partial charge on any atom is 0.227 e. The minimum Gasteiger partial charge on any atom is -0.352 e. The first kappa shape index (κ1) is 14.1.